The maximum absolute atomic E-state index is 14.4. The fourth-order valence-corrected chi connectivity index (χ4v) is 10.9. The van der Waals surface area contributed by atoms with Crippen LogP contribution in [0.5, 0.6) is 0 Å². The van der Waals surface area contributed by atoms with Crippen LogP contribution in [0.2, 0.25) is 0 Å². The van der Waals surface area contributed by atoms with E-state index in [2.05, 4.69) is 59.5 Å². The predicted molar refractivity (Wildman–Crippen MR) is 321 cm³/mol. The molecule has 0 unspecified atom stereocenters. The van der Waals surface area contributed by atoms with E-state index in [1.54, 1.807) is 0 Å². The van der Waals surface area contributed by atoms with Gasteiger partial charge in [-0.3, -0.25) is 14.5 Å². The minimum atomic E-state index is 0.254. The van der Waals surface area contributed by atoms with Crippen LogP contribution in [-0.4, -0.2) is 110 Å². The van der Waals surface area contributed by atoms with E-state index in [9.17, 15) is 9.59 Å². The van der Waals surface area contributed by atoms with Crippen LogP contribution >= 0.6 is 0 Å². The van der Waals surface area contributed by atoms with E-state index < -0.39 is 0 Å². The molecule has 0 atom stereocenters. The van der Waals surface area contributed by atoms with E-state index in [0.29, 0.717) is 19.6 Å². The molecule has 430 valence electrons. The van der Waals surface area contributed by atoms with Gasteiger partial charge in [0.1, 0.15) is 0 Å². The Kier molecular flexibility index (Phi) is 59.7. The third-order valence-corrected chi connectivity index (χ3v) is 15.8. The second kappa shape index (κ2) is 60.7. The van der Waals surface area contributed by atoms with Crippen LogP contribution in [0.3, 0.4) is 0 Å². The second-order valence-electron chi connectivity index (χ2n) is 22.9. The summed E-state index contributed by atoms with van der Waals surface area (Å²) in [6.45, 7) is 22.8. The average Bonchev–Trinajstić information content (AvgIpc) is 3.38. The summed E-state index contributed by atoms with van der Waals surface area (Å²) in [7, 11) is 0. The maximum atomic E-state index is 14.4. The van der Waals surface area contributed by atoms with Gasteiger partial charge in [0.05, 0.1) is 6.54 Å². The van der Waals surface area contributed by atoms with Crippen LogP contribution in [-0.2, 0) is 9.59 Å². The van der Waals surface area contributed by atoms with Gasteiger partial charge >= 0.3 is 0 Å². The summed E-state index contributed by atoms with van der Waals surface area (Å²) in [5.41, 5.74) is 0. The van der Waals surface area contributed by atoms with Gasteiger partial charge in [-0.05, 0) is 77.8 Å². The zero-order valence-corrected chi connectivity index (χ0v) is 50.2. The minimum Gasteiger partial charge on any atom is -0.357 e. The lowest BCUT2D eigenvalue weighted by Crippen LogP contribution is -2.46. The van der Waals surface area contributed by atoms with Crippen LogP contribution in [0.1, 0.15) is 330 Å². The summed E-state index contributed by atoms with van der Waals surface area (Å²) >= 11 is 0. The first-order valence-corrected chi connectivity index (χ1v) is 33.2. The molecule has 1 N–H and O–H groups in total. The first-order chi connectivity index (χ1) is 35.6. The van der Waals surface area contributed by atoms with E-state index in [1.807, 2.05) is 0 Å². The lowest BCUT2D eigenvalue weighted by Gasteiger charge is -2.31. The molecule has 72 heavy (non-hydrogen) atoms. The van der Waals surface area contributed by atoms with Crippen molar-refractivity contribution in [2.45, 2.75) is 330 Å². The zero-order chi connectivity index (χ0) is 52.3. The molecular formula is C65H133N5O2. The molecule has 0 aliphatic heterocycles. The molecule has 0 aliphatic rings. The average molecular weight is 1020 g/mol. The molecule has 0 bridgehead atoms. The summed E-state index contributed by atoms with van der Waals surface area (Å²) in [6, 6.07) is 0. The van der Waals surface area contributed by atoms with Gasteiger partial charge in [-0.15, -0.1) is 0 Å². The monoisotopic (exact) mass is 1020 g/mol. The van der Waals surface area contributed by atoms with Gasteiger partial charge in [-0.25, -0.2) is 0 Å². The zero-order valence-electron chi connectivity index (χ0n) is 50.2. The summed E-state index contributed by atoms with van der Waals surface area (Å²) in [6.07, 6.45) is 63.2. The van der Waals surface area contributed by atoms with Gasteiger partial charge in [0, 0.05) is 32.7 Å². The highest BCUT2D eigenvalue weighted by molar-refractivity contribution is 5.78. The van der Waals surface area contributed by atoms with Gasteiger partial charge in [0.2, 0.25) is 12.3 Å². The molecule has 0 rings (SSSR count). The minimum absolute atomic E-state index is 0.254. The largest absolute Gasteiger partial charge is 0.357 e. The van der Waals surface area contributed by atoms with Crippen molar-refractivity contribution < 1.29 is 9.59 Å². The molecule has 0 aromatic heterocycles. The highest BCUT2D eigenvalue weighted by Gasteiger charge is 2.19. The molecular weight excluding hydrogens is 883 g/mol. The molecule has 7 nitrogen and oxygen atoms in total. The second-order valence-corrected chi connectivity index (χ2v) is 22.9. The third-order valence-electron chi connectivity index (χ3n) is 15.8. The summed E-state index contributed by atoms with van der Waals surface area (Å²) < 4.78 is 0. The fraction of sp³-hybridized carbons (Fsp3) is 0.969. The Morgan fingerprint density at radius 2 is 0.514 bits per heavy atom. The van der Waals surface area contributed by atoms with E-state index in [4.69, 9.17) is 0 Å². The number of carbonyl (C=O) groups excluding carboxylic acids is 2. The molecule has 0 heterocycles. The smallest absolute Gasteiger partial charge is 0.236 e. The number of unbranched alkanes of at least 4 members (excludes halogenated alkanes) is 40. The standard InChI is InChI=1S/C65H133N5O2/c1-6-11-16-21-26-28-30-32-34-39-43-46-53-67(54-47-44-40-35-33-31-29-27-22-17-12-7-2)58-51-59-70(60-52-66-64-71)65(72)63-69(57-50-45-38-25-20-15-10-5)62-61-68(55-48-41-36-23-18-13-8-3)56-49-42-37-24-19-14-9-4/h64H,6-63H2,1-5H3,(H,66,71). The highest BCUT2D eigenvalue weighted by Crippen LogP contribution is 2.16. The van der Waals surface area contributed by atoms with Crippen molar-refractivity contribution in [3.63, 3.8) is 0 Å². The van der Waals surface area contributed by atoms with Crippen LogP contribution in [0.25, 0.3) is 0 Å². The highest BCUT2D eigenvalue weighted by atomic mass is 16.2. The van der Waals surface area contributed by atoms with Gasteiger partial charge < -0.3 is 20.0 Å². The molecule has 0 saturated heterocycles. The van der Waals surface area contributed by atoms with Crippen LogP contribution in [0.15, 0.2) is 0 Å². The van der Waals surface area contributed by atoms with Crippen LogP contribution in [0.4, 0.5) is 0 Å². The molecule has 0 fully saturated rings. The molecule has 0 aliphatic carbocycles. The van der Waals surface area contributed by atoms with Gasteiger partial charge in [0.25, 0.3) is 0 Å². The lowest BCUT2D eigenvalue weighted by molar-refractivity contribution is -0.132. The van der Waals surface area contributed by atoms with Crippen molar-refractivity contribution in [1.29, 1.82) is 0 Å². The SMILES string of the molecule is CCCCCCCCCCCCCCN(CCCCCCCCCCCCCC)CCCN(CCNC=O)C(=O)CN(CCCCCCCCC)CCN(CCCCCCCCC)CCCCCCCCC. The first kappa shape index (κ1) is 70.8. The predicted octanol–water partition coefficient (Wildman–Crippen LogP) is 18.5. The number of rotatable bonds is 63. The number of nitrogens with one attached hydrogen (secondary N) is 1. The van der Waals surface area contributed by atoms with E-state index in [0.717, 1.165) is 45.6 Å². The molecule has 0 aromatic rings. The molecule has 0 saturated carbocycles. The van der Waals surface area contributed by atoms with Gasteiger partial charge in [-0.2, -0.15) is 0 Å². The van der Waals surface area contributed by atoms with Crippen molar-refractivity contribution >= 4 is 12.3 Å². The van der Waals surface area contributed by atoms with Crippen molar-refractivity contribution in [3.05, 3.63) is 0 Å². The molecule has 0 aromatic carbocycles. The molecule has 7 heteroatoms. The van der Waals surface area contributed by atoms with Crippen molar-refractivity contribution in [3.8, 4) is 0 Å². The van der Waals surface area contributed by atoms with E-state index >= 15 is 0 Å². The van der Waals surface area contributed by atoms with Crippen LogP contribution in [0, 0.1) is 0 Å². The Morgan fingerprint density at radius 1 is 0.278 bits per heavy atom. The van der Waals surface area contributed by atoms with Crippen LogP contribution < -0.4 is 5.32 Å². The van der Waals surface area contributed by atoms with Gasteiger partial charge in [0.15, 0.2) is 0 Å². The molecule has 0 radical (unpaired) electrons. The third kappa shape index (κ3) is 52.3. The summed E-state index contributed by atoms with van der Waals surface area (Å²) in [5, 5.41) is 2.89. The number of hydrogen-bond donors (Lipinski definition) is 1. The number of nitrogens with zero attached hydrogens (tertiary/aromatic N) is 4. The summed E-state index contributed by atoms with van der Waals surface area (Å²) in [5.74, 6) is 0.254. The van der Waals surface area contributed by atoms with Crippen molar-refractivity contribution in [2.24, 2.45) is 0 Å². The fourth-order valence-electron chi connectivity index (χ4n) is 10.9. The summed E-state index contributed by atoms with van der Waals surface area (Å²) in [4.78, 5) is 36.0. The Morgan fingerprint density at radius 3 is 0.806 bits per heavy atom. The maximum Gasteiger partial charge on any atom is 0.236 e. The topological polar surface area (TPSA) is 59.1 Å². The number of hydrogen-bond acceptors (Lipinski definition) is 5. The normalized spacial score (nSPS) is 11.8. The number of amides is 2. The van der Waals surface area contributed by atoms with Crippen molar-refractivity contribution in [1.82, 2.24) is 24.9 Å². The Hall–Kier alpha value is -1.18. The van der Waals surface area contributed by atoms with E-state index in [1.165, 1.54) is 315 Å². The lowest BCUT2D eigenvalue weighted by atomic mass is 10.0. The quantitative estimate of drug-likeness (QED) is 0.0486. The Labute approximate surface area is 453 Å². The number of carbonyl (C=O) groups is 2. The first-order valence-electron chi connectivity index (χ1n) is 33.2. The van der Waals surface area contributed by atoms with Gasteiger partial charge in [-0.1, -0.05) is 291 Å². The van der Waals surface area contributed by atoms with Crippen molar-refractivity contribution in [2.75, 3.05) is 78.5 Å². The molecule has 2 amide bonds. The Balaban J connectivity index is 5.61. The Bertz CT molecular complexity index is 999. The molecule has 0 spiro atoms. The van der Waals surface area contributed by atoms with E-state index in [-0.39, 0.29) is 5.91 Å².